The number of carbonyl (C=O) groups excluding carboxylic acids is 1. The van der Waals surface area contributed by atoms with Gasteiger partial charge in [0.05, 0.1) is 5.75 Å². The zero-order chi connectivity index (χ0) is 22.3. The fourth-order valence-electron chi connectivity index (χ4n) is 3.51. The molecular weight excluding hydrogens is 475 g/mol. The van der Waals surface area contributed by atoms with Crippen LogP contribution in [0.2, 0.25) is 10.0 Å². The fraction of sp³-hybridized carbons (Fsp3) is 0.409. The topological polar surface area (TPSA) is 66.5 Å². The van der Waals surface area contributed by atoms with Gasteiger partial charge in [-0.1, -0.05) is 59.6 Å². The van der Waals surface area contributed by atoms with Crippen molar-refractivity contribution in [2.75, 3.05) is 25.4 Å². The third-order valence-corrected chi connectivity index (χ3v) is 8.81. The minimum absolute atomic E-state index is 0.00261. The smallest absolute Gasteiger partial charge is 0.223 e. The number of thioether (sulfide) groups is 1. The van der Waals surface area contributed by atoms with Crippen LogP contribution in [0.3, 0.4) is 0 Å². The van der Waals surface area contributed by atoms with E-state index in [1.807, 2.05) is 48.5 Å². The Labute approximate surface area is 198 Å². The molecule has 0 bridgehead atoms. The maximum absolute atomic E-state index is 12.6. The first kappa shape index (κ1) is 24.4. The van der Waals surface area contributed by atoms with E-state index in [4.69, 9.17) is 23.2 Å². The van der Waals surface area contributed by atoms with E-state index in [0.29, 0.717) is 48.3 Å². The lowest BCUT2D eigenvalue weighted by Crippen LogP contribution is -2.43. The molecule has 0 unspecified atom stereocenters. The van der Waals surface area contributed by atoms with Gasteiger partial charge < -0.3 is 5.32 Å². The van der Waals surface area contributed by atoms with Crippen molar-refractivity contribution in [2.24, 2.45) is 5.92 Å². The van der Waals surface area contributed by atoms with E-state index in [1.165, 1.54) is 4.31 Å². The fourth-order valence-corrected chi connectivity index (χ4v) is 6.67. The van der Waals surface area contributed by atoms with Crippen molar-refractivity contribution >= 4 is 50.9 Å². The first-order valence-corrected chi connectivity index (χ1v) is 13.7. The Morgan fingerprint density at radius 2 is 1.68 bits per heavy atom. The van der Waals surface area contributed by atoms with Crippen LogP contribution >= 0.6 is 35.0 Å². The van der Waals surface area contributed by atoms with Crippen LogP contribution in [0.4, 0.5) is 0 Å². The number of halogens is 2. The number of nitrogens with one attached hydrogen (secondary N) is 1. The summed E-state index contributed by atoms with van der Waals surface area (Å²) in [5.74, 6) is 1.28. The van der Waals surface area contributed by atoms with E-state index in [2.05, 4.69) is 5.32 Å². The van der Waals surface area contributed by atoms with Crippen LogP contribution < -0.4 is 5.32 Å². The molecule has 168 valence electrons. The molecule has 5 nitrogen and oxygen atoms in total. The molecule has 0 radical (unpaired) electrons. The summed E-state index contributed by atoms with van der Waals surface area (Å²) in [6.07, 6.45) is 1.09. The molecule has 0 atom stereocenters. The van der Waals surface area contributed by atoms with Gasteiger partial charge in [0.1, 0.15) is 0 Å². The highest BCUT2D eigenvalue weighted by atomic mass is 35.5. The molecule has 1 amide bonds. The van der Waals surface area contributed by atoms with E-state index < -0.39 is 10.0 Å². The standard InChI is InChI=1S/C22H26Cl2N2O3S2/c23-20-7-4-8-21(24)19(20)15-30-14-11-25-22(27)18-9-12-26(13-10-18)31(28,29)16-17-5-2-1-3-6-17/h1-8,18H,9-16H2,(H,25,27). The lowest BCUT2D eigenvalue weighted by atomic mass is 9.97. The molecule has 9 heteroatoms. The molecule has 2 aromatic rings. The number of hydrogen-bond acceptors (Lipinski definition) is 4. The van der Waals surface area contributed by atoms with Crippen molar-refractivity contribution in [3.8, 4) is 0 Å². The molecule has 3 rings (SSSR count). The number of rotatable bonds is 9. The molecule has 0 aliphatic carbocycles. The van der Waals surface area contributed by atoms with Gasteiger partial charge in [0.25, 0.3) is 0 Å². The van der Waals surface area contributed by atoms with Gasteiger partial charge in [-0.05, 0) is 36.1 Å². The maximum Gasteiger partial charge on any atom is 0.223 e. The Balaban J connectivity index is 1.37. The van der Waals surface area contributed by atoms with Crippen LogP contribution in [-0.2, 0) is 26.3 Å². The SMILES string of the molecule is O=C(NCCSCc1c(Cl)cccc1Cl)C1CCN(S(=O)(=O)Cc2ccccc2)CC1. The van der Waals surface area contributed by atoms with Crippen LogP contribution in [0.5, 0.6) is 0 Å². The summed E-state index contributed by atoms with van der Waals surface area (Å²) >= 11 is 14.0. The third-order valence-electron chi connectivity index (χ3n) is 5.26. The normalized spacial score (nSPS) is 15.7. The molecular formula is C22H26Cl2N2O3S2. The highest BCUT2D eigenvalue weighted by Crippen LogP contribution is 2.28. The van der Waals surface area contributed by atoms with Crippen LogP contribution in [0, 0.1) is 5.92 Å². The van der Waals surface area contributed by atoms with Crippen molar-refractivity contribution in [3.63, 3.8) is 0 Å². The molecule has 1 saturated heterocycles. The van der Waals surface area contributed by atoms with Gasteiger partial charge in [-0.25, -0.2) is 12.7 Å². The highest BCUT2D eigenvalue weighted by Gasteiger charge is 2.31. The maximum atomic E-state index is 12.6. The molecule has 0 spiro atoms. The first-order chi connectivity index (χ1) is 14.9. The summed E-state index contributed by atoms with van der Waals surface area (Å²) < 4.78 is 26.8. The summed E-state index contributed by atoms with van der Waals surface area (Å²) in [7, 11) is -3.37. The zero-order valence-electron chi connectivity index (χ0n) is 17.1. The molecule has 31 heavy (non-hydrogen) atoms. The van der Waals surface area contributed by atoms with Crippen molar-refractivity contribution in [3.05, 3.63) is 69.7 Å². The molecule has 1 aliphatic heterocycles. The average molecular weight is 502 g/mol. The summed E-state index contributed by atoms with van der Waals surface area (Å²) in [6.45, 7) is 1.32. The van der Waals surface area contributed by atoms with Gasteiger partial charge in [-0.3, -0.25) is 4.79 Å². The third kappa shape index (κ3) is 7.12. The number of carbonyl (C=O) groups is 1. The van der Waals surface area contributed by atoms with E-state index in [-0.39, 0.29) is 17.6 Å². The van der Waals surface area contributed by atoms with Gasteiger partial charge in [-0.15, -0.1) is 0 Å². The van der Waals surface area contributed by atoms with E-state index in [1.54, 1.807) is 11.8 Å². The first-order valence-electron chi connectivity index (χ1n) is 10.2. The largest absolute Gasteiger partial charge is 0.355 e. The van der Waals surface area contributed by atoms with Crippen molar-refractivity contribution in [1.29, 1.82) is 0 Å². The Morgan fingerprint density at radius 3 is 2.32 bits per heavy atom. The number of sulfonamides is 1. The Bertz CT molecular complexity index is 959. The molecule has 1 fully saturated rings. The van der Waals surface area contributed by atoms with E-state index in [9.17, 15) is 13.2 Å². The Hall–Kier alpha value is -1.25. The lowest BCUT2D eigenvalue weighted by Gasteiger charge is -2.30. The molecule has 0 aromatic heterocycles. The van der Waals surface area contributed by atoms with Gasteiger partial charge in [0, 0.05) is 47.1 Å². The van der Waals surface area contributed by atoms with Crippen molar-refractivity contribution in [1.82, 2.24) is 9.62 Å². The Morgan fingerprint density at radius 1 is 1.03 bits per heavy atom. The molecule has 0 saturated carbocycles. The molecule has 1 N–H and O–H groups in total. The van der Waals surface area contributed by atoms with Crippen LogP contribution in [-0.4, -0.2) is 44.0 Å². The average Bonchev–Trinajstić information content (AvgIpc) is 2.75. The van der Waals surface area contributed by atoms with Crippen LogP contribution in [0.25, 0.3) is 0 Å². The number of amides is 1. The lowest BCUT2D eigenvalue weighted by molar-refractivity contribution is -0.125. The number of nitrogens with zero attached hydrogens (tertiary/aromatic N) is 1. The predicted molar refractivity (Wildman–Crippen MR) is 129 cm³/mol. The predicted octanol–water partition coefficient (Wildman–Crippen LogP) is 4.58. The monoisotopic (exact) mass is 500 g/mol. The second-order valence-corrected chi connectivity index (χ2v) is 11.3. The summed E-state index contributed by atoms with van der Waals surface area (Å²) in [6, 6.07) is 14.6. The van der Waals surface area contributed by atoms with Gasteiger partial charge in [0.2, 0.25) is 15.9 Å². The Kier molecular flexibility index (Phi) is 9.10. The summed E-state index contributed by atoms with van der Waals surface area (Å²) in [4.78, 5) is 12.5. The van der Waals surface area contributed by atoms with Crippen molar-refractivity contribution in [2.45, 2.75) is 24.3 Å². The van der Waals surface area contributed by atoms with E-state index >= 15 is 0 Å². The van der Waals surface area contributed by atoms with Gasteiger partial charge in [-0.2, -0.15) is 11.8 Å². The van der Waals surface area contributed by atoms with Crippen LogP contribution in [0.15, 0.2) is 48.5 Å². The summed E-state index contributed by atoms with van der Waals surface area (Å²) in [5, 5.41) is 4.27. The van der Waals surface area contributed by atoms with Crippen molar-refractivity contribution < 1.29 is 13.2 Å². The molecule has 1 heterocycles. The van der Waals surface area contributed by atoms with Crippen LogP contribution in [0.1, 0.15) is 24.0 Å². The quantitative estimate of drug-likeness (QED) is 0.511. The second kappa shape index (κ2) is 11.6. The van der Waals surface area contributed by atoms with E-state index in [0.717, 1.165) is 16.9 Å². The number of hydrogen-bond donors (Lipinski definition) is 1. The zero-order valence-corrected chi connectivity index (χ0v) is 20.2. The van der Waals surface area contributed by atoms with Gasteiger partial charge >= 0.3 is 0 Å². The highest BCUT2D eigenvalue weighted by molar-refractivity contribution is 7.98. The minimum Gasteiger partial charge on any atom is -0.355 e. The molecule has 1 aliphatic rings. The molecule has 2 aromatic carbocycles. The van der Waals surface area contributed by atoms with Gasteiger partial charge in [0.15, 0.2) is 0 Å². The number of benzene rings is 2. The number of piperidine rings is 1. The summed E-state index contributed by atoms with van der Waals surface area (Å²) in [5.41, 5.74) is 1.68. The minimum atomic E-state index is -3.37. The second-order valence-electron chi connectivity index (χ2n) is 7.46.